The van der Waals surface area contributed by atoms with Gasteiger partial charge in [0.15, 0.2) is 0 Å². The number of thioether (sulfide) groups is 1. The minimum absolute atomic E-state index is 0.155. The van der Waals surface area contributed by atoms with Gasteiger partial charge in [-0.05, 0) is 48.0 Å². The Hall–Kier alpha value is -2.16. The first-order valence-electron chi connectivity index (χ1n) is 8.41. The number of carbonyl (C=O) groups is 2. The summed E-state index contributed by atoms with van der Waals surface area (Å²) in [6, 6.07) is 14.7. The Morgan fingerprint density at radius 1 is 1.29 bits per heavy atom. The number of hydrogen-bond acceptors (Lipinski definition) is 5. The second kappa shape index (κ2) is 9.36. The Morgan fingerprint density at radius 3 is 2.71 bits per heavy atom. The molecule has 144 valence electrons. The molecule has 28 heavy (non-hydrogen) atoms. The number of methoxy groups -OCH3 is 1. The Morgan fingerprint density at radius 2 is 2.04 bits per heavy atom. The van der Waals surface area contributed by atoms with E-state index >= 15 is 0 Å². The van der Waals surface area contributed by atoms with Crippen molar-refractivity contribution in [2.75, 3.05) is 19.0 Å². The average molecular weight is 477 g/mol. The summed E-state index contributed by atoms with van der Waals surface area (Å²) >= 11 is 9.99. The van der Waals surface area contributed by atoms with Crippen LogP contribution in [0.15, 0.2) is 57.9 Å². The van der Waals surface area contributed by atoms with Crippen LogP contribution >= 0.6 is 39.9 Å². The number of halogens is 1. The molecule has 1 heterocycles. The maximum Gasteiger partial charge on any atom is 0.266 e. The molecule has 3 rings (SSSR count). The van der Waals surface area contributed by atoms with E-state index in [-0.39, 0.29) is 24.8 Å². The normalized spacial score (nSPS) is 15.2. The summed E-state index contributed by atoms with van der Waals surface area (Å²) in [6.07, 6.45) is 1.96. The average Bonchev–Trinajstić information content (AvgIpc) is 2.93. The van der Waals surface area contributed by atoms with E-state index in [2.05, 4.69) is 21.2 Å². The van der Waals surface area contributed by atoms with Gasteiger partial charge in [0.2, 0.25) is 5.91 Å². The van der Waals surface area contributed by atoms with Crippen molar-refractivity contribution in [2.24, 2.45) is 0 Å². The van der Waals surface area contributed by atoms with E-state index < -0.39 is 0 Å². The third-order valence-electron chi connectivity index (χ3n) is 3.96. The van der Waals surface area contributed by atoms with Gasteiger partial charge in [-0.15, -0.1) is 0 Å². The quantitative estimate of drug-likeness (QED) is 0.484. The van der Waals surface area contributed by atoms with Gasteiger partial charge in [-0.1, -0.05) is 52.0 Å². The van der Waals surface area contributed by atoms with Crippen molar-refractivity contribution in [1.29, 1.82) is 0 Å². The number of thiocarbonyl (C=S) groups is 1. The Bertz CT molecular complexity index is 945. The lowest BCUT2D eigenvalue weighted by atomic mass is 10.2. The van der Waals surface area contributed by atoms with Crippen LogP contribution in [-0.4, -0.2) is 34.7 Å². The molecule has 2 aromatic rings. The Kier molecular flexibility index (Phi) is 6.88. The number of nitrogens with one attached hydrogen (secondary N) is 1. The molecule has 0 unspecified atom stereocenters. The zero-order valence-electron chi connectivity index (χ0n) is 15.0. The van der Waals surface area contributed by atoms with Gasteiger partial charge in [-0.3, -0.25) is 14.5 Å². The first kappa shape index (κ1) is 20.6. The summed E-state index contributed by atoms with van der Waals surface area (Å²) in [5.41, 5.74) is 1.58. The van der Waals surface area contributed by atoms with Crippen molar-refractivity contribution in [3.63, 3.8) is 0 Å². The zero-order chi connectivity index (χ0) is 20.1. The standard InChI is InChI=1S/C20H17BrN2O3S2/c1-26-16-7-5-15(6-8-16)22-18(24)9-10-23-19(25)17(28-20(23)27)12-13-3-2-4-14(21)11-13/h2-8,11-12H,9-10H2,1H3,(H,22,24). The van der Waals surface area contributed by atoms with Crippen molar-refractivity contribution in [1.82, 2.24) is 4.90 Å². The highest BCUT2D eigenvalue weighted by Gasteiger charge is 2.32. The maximum absolute atomic E-state index is 12.6. The molecule has 5 nitrogen and oxygen atoms in total. The summed E-state index contributed by atoms with van der Waals surface area (Å²) in [6.45, 7) is 0.239. The van der Waals surface area contributed by atoms with Gasteiger partial charge in [0.1, 0.15) is 10.1 Å². The van der Waals surface area contributed by atoms with E-state index in [1.165, 1.54) is 16.7 Å². The lowest BCUT2D eigenvalue weighted by molar-refractivity contribution is -0.122. The molecule has 1 saturated heterocycles. The molecule has 2 aromatic carbocycles. The summed E-state index contributed by atoms with van der Waals surface area (Å²) in [5.74, 6) is 0.357. The van der Waals surface area contributed by atoms with Crippen molar-refractivity contribution >= 4 is 67.8 Å². The molecule has 0 aliphatic carbocycles. The molecule has 1 aliphatic heterocycles. The second-order valence-corrected chi connectivity index (χ2v) is 8.51. The van der Waals surface area contributed by atoms with Gasteiger partial charge in [0.05, 0.1) is 12.0 Å². The highest BCUT2D eigenvalue weighted by molar-refractivity contribution is 9.10. The van der Waals surface area contributed by atoms with Gasteiger partial charge in [-0.25, -0.2) is 0 Å². The largest absolute Gasteiger partial charge is 0.497 e. The minimum atomic E-state index is -0.185. The highest BCUT2D eigenvalue weighted by atomic mass is 79.9. The maximum atomic E-state index is 12.6. The number of anilines is 1. The van der Waals surface area contributed by atoms with E-state index in [1.54, 1.807) is 31.4 Å². The van der Waals surface area contributed by atoms with Crippen LogP contribution in [0.3, 0.4) is 0 Å². The lowest BCUT2D eigenvalue weighted by Gasteiger charge is -2.14. The fraction of sp³-hybridized carbons (Fsp3) is 0.150. The summed E-state index contributed by atoms with van der Waals surface area (Å²) in [7, 11) is 1.58. The topological polar surface area (TPSA) is 58.6 Å². The second-order valence-electron chi connectivity index (χ2n) is 5.92. The number of amides is 2. The molecule has 8 heteroatoms. The number of nitrogens with zero attached hydrogens (tertiary/aromatic N) is 1. The van der Waals surface area contributed by atoms with E-state index in [0.29, 0.717) is 20.7 Å². The first-order valence-corrected chi connectivity index (χ1v) is 10.4. The first-order chi connectivity index (χ1) is 13.5. The third-order valence-corrected chi connectivity index (χ3v) is 5.83. The number of carbonyl (C=O) groups excluding carboxylic acids is 2. The van der Waals surface area contributed by atoms with Crippen molar-refractivity contribution in [2.45, 2.75) is 6.42 Å². The summed E-state index contributed by atoms with van der Waals surface area (Å²) in [5, 5.41) is 2.80. The van der Waals surface area contributed by atoms with Crippen LogP contribution in [0.4, 0.5) is 5.69 Å². The third kappa shape index (κ3) is 5.21. The van der Waals surface area contributed by atoms with Gasteiger partial charge in [0, 0.05) is 23.1 Å². The molecule has 2 amide bonds. The molecular formula is C20H17BrN2O3S2. The van der Waals surface area contributed by atoms with Crippen LogP contribution < -0.4 is 10.1 Å². The van der Waals surface area contributed by atoms with Gasteiger partial charge in [-0.2, -0.15) is 0 Å². The molecule has 0 bridgehead atoms. The predicted molar refractivity (Wildman–Crippen MR) is 120 cm³/mol. The zero-order valence-corrected chi connectivity index (χ0v) is 18.2. The van der Waals surface area contributed by atoms with Crippen molar-refractivity contribution in [3.8, 4) is 5.75 Å². The van der Waals surface area contributed by atoms with Crippen LogP contribution in [0, 0.1) is 0 Å². The van der Waals surface area contributed by atoms with Crippen LogP contribution in [0.2, 0.25) is 0 Å². The monoisotopic (exact) mass is 476 g/mol. The molecule has 0 atom stereocenters. The molecule has 0 saturated carbocycles. The smallest absolute Gasteiger partial charge is 0.266 e. The highest BCUT2D eigenvalue weighted by Crippen LogP contribution is 2.33. The number of benzene rings is 2. The minimum Gasteiger partial charge on any atom is -0.497 e. The summed E-state index contributed by atoms with van der Waals surface area (Å²) < 4.78 is 6.49. The Balaban J connectivity index is 1.58. The molecule has 1 aliphatic rings. The fourth-order valence-corrected chi connectivity index (χ4v) is 4.28. The number of ether oxygens (including phenoxy) is 1. The molecule has 0 spiro atoms. The Labute approximate surface area is 181 Å². The predicted octanol–water partition coefficient (Wildman–Crippen LogP) is 4.69. The molecule has 1 fully saturated rings. The van der Waals surface area contributed by atoms with E-state index in [9.17, 15) is 9.59 Å². The van der Waals surface area contributed by atoms with E-state index in [0.717, 1.165) is 10.0 Å². The molecule has 0 aromatic heterocycles. The van der Waals surface area contributed by atoms with Crippen LogP contribution in [0.1, 0.15) is 12.0 Å². The van der Waals surface area contributed by atoms with Crippen LogP contribution in [-0.2, 0) is 9.59 Å². The summed E-state index contributed by atoms with van der Waals surface area (Å²) in [4.78, 5) is 26.9. The van der Waals surface area contributed by atoms with Crippen molar-refractivity contribution < 1.29 is 14.3 Å². The lowest BCUT2D eigenvalue weighted by Crippen LogP contribution is -2.31. The number of hydrogen-bond donors (Lipinski definition) is 1. The van der Waals surface area contributed by atoms with Crippen LogP contribution in [0.25, 0.3) is 6.08 Å². The van der Waals surface area contributed by atoms with E-state index in [4.69, 9.17) is 17.0 Å². The van der Waals surface area contributed by atoms with Crippen molar-refractivity contribution in [3.05, 3.63) is 63.5 Å². The van der Waals surface area contributed by atoms with Crippen LogP contribution in [0.5, 0.6) is 5.75 Å². The van der Waals surface area contributed by atoms with E-state index in [1.807, 2.05) is 30.3 Å². The fourth-order valence-electron chi connectivity index (χ4n) is 2.55. The molecule has 0 radical (unpaired) electrons. The van der Waals surface area contributed by atoms with Gasteiger partial charge in [0.25, 0.3) is 5.91 Å². The molecule has 1 N–H and O–H groups in total. The number of rotatable bonds is 6. The van der Waals surface area contributed by atoms with Gasteiger partial charge < -0.3 is 10.1 Å². The van der Waals surface area contributed by atoms with Gasteiger partial charge >= 0.3 is 0 Å². The molecular weight excluding hydrogens is 460 g/mol. The SMILES string of the molecule is COc1ccc(NC(=O)CCN2C(=O)C(=Cc3cccc(Br)c3)SC2=S)cc1.